The number of piperidine rings is 1. The van der Waals surface area contributed by atoms with Crippen molar-refractivity contribution < 1.29 is 0 Å². The molecule has 2 fully saturated rings. The predicted molar refractivity (Wildman–Crippen MR) is 61.3 cm³/mol. The maximum Gasteiger partial charge on any atom is 0.0672 e. The minimum absolute atomic E-state index is 0.322. The van der Waals surface area contributed by atoms with Gasteiger partial charge in [-0.3, -0.25) is 4.90 Å². The van der Waals surface area contributed by atoms with E-state index >= 15 is 0 Å². The maximum absolute atomic E-state index is 9.09. The quantitative estimate of drug-likeness (QED) is 0.694. The van der Waals surface area contributed by atoms with Crippen LogP contribution in [-0.2, 0) is 0 Å². The zero-order chi connectivity index (χ0) is 10.7. The molecule has 0 amide bonds. The van der Waals surface area contributed by atoms with Gasteiger partial charge in [0, 0.05) is 6.04 Å². The summed E-state index contributed by atoms with van der Waals surface area (Å²) < 4.78 is 0. The van der Waals surface area contributed by atoms with Crippen LogP contribution in [-0.4, -0.2) is 24.0 Å². The van der Waals surface area contributed by atoms with Gasteiger partial charge < -0.3 is 0 Å². The highest BCUT2D eigenvalue weighted by molar-refractivity contribution is 4.98. The topological polar surface area (TPSA) is 27.0 Å². The van der Waals surface area contributed by atoms with Gasteiger partial charge in [-0.25, -0.2) is 0 Å². The van der Waals surface area contributed by atoms with Gasteiger partial charge in [-0.2, -0.15) is 5.26 Å². The molecule has 1 saturated carbocycles. The van der Waals surface area contributed by atoms with Crippen molar-refractivity contribution in [3.8, 4) is 6.07 Å². The molecule has 2 atom stereocenters. The van der Waals surface area contributed by atoms with E-state index in [9.17, 15) is 0 Å². The third kappa shape index (κ3) is 2.34. The fraction of sp³-hybridized carbons (Fsp3) is 0.923. The van der Waals surface area contributed by atoms with Gasteiger partial charge in [-0.05, 0) is 44.7 Å². The summed E-state index contributed by atoms with van der Waals surface area (Å²) in [4.78, 5) is 2.59. The average molecular weight is 206 g/mol. The Labute approximate surface area is 93.3 Å². The zero-order valence-corrected chi connectivity index (χ0v) is 9.78. The van der Waals surface area contributed by atoms with Crippen molar-refractivity contribution in [3.05, 3.63) is 0 Å². The molecule has 1 aliphatic carbocycles. The van der Waals surface area contributed by atoms with E-state index in [4.69, 9.17) is 5.26 Å². The molecule has 84 valence electrons. The molecule has 2 aliphatic rings. The lowest BCUT2D eigenvalue weighted by atomic mass is 9.92. The Morgan fingerprint density at radius 3 is 2.53 bits per heavy atom. The predicted octanol–water partition coefficient (Wildman–Crippen LogP) is 2.80. The fourth-order valence-corrected chi connectivity index (χ4v) is 3.22. The Morgan fingerprint density at radius 2 is 1.93 bits per heavy atom. The van der Waals surface area contributed by atoms with Gasteiger partial charge in [0.15, 0.2) is 0 Å². The van der Waals surface area contributed by atoms with Gasteiger partial charge in [0.1, 0.15) is 0 Å². The van der Waals surface area contributed by atoms with Crippen molar-refractivity contribution in [1.82, 2.24) is 4.90 Å². The van der Waals surface area contributed by atoms with Crippen LogP contribution in [0.1, 0.15) is 45.4 Å². The summed E-state index contributed by atoms with van der Waals surface area (Å²) in [7, 11) is 0. The Hall–Kier alpha value is -0.550. The first-order chi connectivity index (χ1) is 7.35. The SMILES string of the molecule is CCC1CCN(C2CCCC2C#N)CC1. The van der Waals surface area contributed by atoms with Gasteiger partial charge in [0.25, 0.3) is 0 Å². The molecule has 0 aromatic carbocycles. The van der Waals surface area contributed by atoms with Crippen molar-refractivity contribution in [2.75, 3.05) is 13.1 Å². The van der Waals surface area contributed by atoms with E-state index in [0.717, 1.165) is 12.3 Å². The lowest BCUT2D eigenvalue weighted by Gasteiger charge is -2.36. The standard InChI is InChI=1S/C13H22N2/c1-2-11-6-8-15(9-7-11)13-5-3-4-12(13)10-14/h11-13H,2-9H2,1H3. The van der Waals surface area contributed by atoms with E-state index in [-0.39, 0.29) is 0 Å². The molecule has 0 radical (unpaired) electrons. The second kappa shape index (κ2) is 4.99. The highest BCUT2D eigenvalue weighted by Gasteiger charge is 2.33. The second-order valence-electron chi connectivity index (χ2n) is 5.12. The van der Waals surface area contributed by atoms with Crippen LogP contribution in [0.2, 0.25) is 0 Å². The van der Waals surface area contributed by atoms with Crippen LogP contribution in [0.4, 0.5) is 0 Å². The minimum atomic E-state index is 0.322. The summed E-state index contributed by atoms with van der Waals surface area (Å²) in [5.74, 6) is 1.27. The lowest BCUT2D eigenvalue weighted by Crippen LogP contribution is -2.42. The molecule has 0 spiro atoms. The molecule has 2 unspecified atom stereocenters. The molecule has 2 heteroatoms. The van der Waals surface area contributed by atoms with Gasteiger partial charge in [-0.15, -0.1) is 0 Å². The number of nitrogens with zero attached hydrogens (tertiary/aromatic N) is 2. The Bertz CT molecular complexity index is 235. The minimum Gasteiger partial charge on any atom is -0.299 e. The normalized spacial score (nSPS) is 34.1. The first-order valence-electron chi connectivity index (χ1n) is 6.48. The number of hydrogen-bond acceptors (Lipinski definition) is 2. The van der Waals surface area contributed by atoms with Crippen molar-refractivity contribution in [3.63, 3.8) is 0 Å². The van der Waals surface area contributed by atoms with Crippen LogP contribution in [0.5, 0.6) is 0 Å². The highest BCUT2D eigenvalue weighted by Crippen LogP contribution is 2.32. The van der Waals surface area contributed by atoms with Crippen molar-refractivity contribution in [2.45, 2.75) is 51.5 Å². The van der Waals surface area contributed by atoms with E-state index in [1.165, 1.54) is 45.2 Å². The number of likely N-dealkylation sites (tertiary alicyclic amines) is 1. The first-order valence-corrected chi connectivity index (χ1v) is 6.48. The molecule has 1 saturated heterocycles. The summed E-state index contributed by atoms with van der Waals surface area (Å²) >= 11 is 0. The molecule has 1 aliphatic heterocycles. The summed E-state index contributed by atoms with van der Waals surface area (Å²) in [5.41, 5.74) is 0. The Kier molecular flexibility index (Phi) is 3.64. The molecule has 15 heavy (non-hydrogen) atoms. The van der Waals surface area contributed by atoms with Crippen LogP contribution in [0.25, 0.3) is 0 Å². The molecule has 2 rings (SSSR count). The molecular weight excluding hydrogens is 184 g/mol. The first kappa shape index (κ1) is 11.0. The van der Waals surface area contributed by atoms with E-state index < -0.39 is 0 Å². The Morgan fingerprint density at radius 1 is 1.20 bits per heavy atom. The van der Waals surface area contributed by atoms with Gasteiger partial charge in [0.05, 0.1) is 12.0 Å². The van der Waals surface area contributed by atoms with Crippen molar-refractivity contribution in [1.29, 1.82) is 5.26 Å². The zero-order valence-electron chi connectivity index (χ0n) is 9.78. The molecule has 1 heterocycles. The highest BCUT2D eigenvalue weighted by atomic mass is 15.2. The van der Waals surface area contributed by atoms with Gasteiger partial charge >= 0.3 is 0 Å². The van der Waals surface area contributed by atoms with E-state index in [2.05, 4.69) is 17.9 Å². The number of nitriles is 1. The molecule has 2 nitrogen and oxygen atoms in total. The van der Waals surface area contributed by atoms with Gasteiger partial charge in [0.2, 0.25) is 0 Å². The molecule has 0 bridgehead atoms. The summed E-state index contributed by atoms with van der Waals surface area (Å²) in [6, 6.07) is 3.09. The number of hydrogen-bond donors (Lipinski definition) is 0. The second-order valence-corrected chi connectivity index (χ2v) is 5.12. The lowest BCUT2D eigenvalue weighted by molar-refractivity contribution is 0.119. The monoisotopic (exact) mass is 206 g/mol. The maximum atomic E-state index is 9.09. The third-order valence-electron chi connectivity index (χ3n) is 4.34. The number of rotatable bonds is 2. The van der Waals surface area contributed by atoms with Crippen LogP contribution in [0.3, 0.4) is 0 Å². The average Bonchev–Trinajstić information content (AvgIpc) is 2.77. The van der Waals surface area contributed by atoms with E-state index in [1.807, 2.05) is 0 Å². The fourth-order valence-electron chi connectivity index (χ4n) is 3.22. The van der Waals surface area contributed by atoms with Crippen molar-refractivity contribution >= 4 is 0 Å². The summed E-state index contributed by atoms with van der Waals surface area (Å²) in [6.45, 7) is 4.77. The third-order valence-corrected chi connectivity index (χ3v) is 4.34. The molecule has 0 aromatic rings. The van der Waals surface area contributed by atoms with E-state index in [1.54, 1.807) is 0 Å². The molecule has 0 aromatic heterocycles. The van der Waals surface area contributed by atoms with Crippen LogP contribution in [0, 0.1) is 23.2 Å². The smallest absolute Gasteiger partial charge is 0.0672 e. The van der Waals surface area contributed by atoms with Crippen LogP contribution < -0.4 is 0 Å². The molecule has 0 N–H and O–H groups in total. The van der Waals surface area contributed by atoms with Crippen molar-refractivity contribution in [2.24, 2.45) is 11.8 Å². The van der Waals surface area contributed by atoms with Gasteiger partial charge in [-0.1, -0.05) is 19.8 Å². The largest absolute Gasteiger partial charge is 0.299 e. The summed E-state index contributed by atoms with van der Waals surface area (Å²) in [6.07, 6.45) is 7.69. The van der Waals surface area contributed by atoms with Crippen LogP contribution >= 0.6 is 0 Å². The van der Waals surface area contributed by atoms with Crippen LogP contribution in [0.15, 0.2) is 0 Å². The summed E-state index contributed by atoms with van der Waals surface area (Å²) in [5, 5.41) is 9.09. The Balaban J connectivity index is 1.87. The molecular formula is C13H22N2. The van der Waals surface area contributed by atoms with E-state index in [0.29, 0.717) is 12.0 Å².